The highest BCUT2D eigenvalue weighted by Crippen LogP contribution is 2.70. The van der Waals surface area contributed by atoms with Gasteiger partial charge in [-0.2, -0.15) is 0 Å². The van der Waals surface area contributed by atoms with Crippen LogP contribution in [0.25, 0.3) is 0 Å². The molecule has 0 aromatic rings. The first-order valence-electron chi connectivity index (χ1n) is 15.6. The van der Waals surface area contributed by atoms with Crippen molar-refractivity contribution in [1.82, 2.24) is 0 Å². The van der Waals surface area contributed by atoms with Crippen molar-refractivity contribution in [3.05, 3.63) is 0 Å². The zero-order valence-electron chi connectivity index (χ0n) is 26.5. The fourth-order valence-electron chi connectivity index (χ4n) is 8.72. The summed E-state index contributed by atoms with van der Waals surface area (Å²) in [5.41, 5.74) is -3.24. The normalized spacial score (nSPS) is 45.4. The number of aliphatic hydroxyl groups is 2. The Morgan fingerprint density at radius 2 is 1.61 bits per heavy atom. The second-order valence-electron chi connectivity index (χ2n) is 13.7. The summed E-state index contributed by atoms with van der Waals surface area (Å²) in [5.74, 6) is -3.76. The van der Waals surface area contributed by atoms with Gasteiger partial charge >= 0.3 is 23.9 Å². The molecule has 1 spiro atoms. The monoisotopic (exact) mass is 626 g/mol. The predicted octanol–water partition coefficient (Wildman–Crippen LogP) is 1.63. The molecule has 3 heterocycles. The van der Waals surface area contributed by atoms with Crippen LogP contribution in [0.15, 0.2) is 0 Å². The second-order valence-corrected chi connectivity index (χ2v) is 13.7. The van der Waals surface area contributed by atoms with E-state index in [-0.39, 0.29) is 37.6 Å². The minimum absolute atomic E-state index is 0.0119. The predicted molar refractivity (Wildman–Crippen MR) is 148 cm³/mol. The third-order valence-electron chi connectivity index (χ3n) is 11.3. The highest BCUT2D eigenvalue weighted by molar-refractivity contribution is 5.74. The summed E-state index contributed by atoms with van der Waals surface area (Å²) in [5, 5.41) is 21.8. The lowest BCUT2D eigenvalue weighted by Crippen LogP contribution is -2.74. The Bertz CT molecular complexity index is 1140. The van der Waals surface area contributed by atoms with Crippen LogP contribution in [0.3, 0.4) is 0 Å². The lowest BCUT2D eigenvalue weighted by molar-refractivity contribution is -0.289. The molecule has 14 atom stereocenters. The van der Waals surface area contributed by atoms with Gasteiger partial charge in [0.15, 0.2) is 18.7 Å². The van der Waals surface area contributed by atoms with Gasteiger partial charge in [0.1, 0.15) is 24.4 Å². The minimum Gasteiger partial charge on any atom is -0.465 e. The molecule has 13 nitrogen and oxygen atoms in total. The molecule has 3 aliphatic heterocycles. The molecule has 2 aliphatic carbocycles. The van der Waals surface area contributed by atoms with Crippen LogP contribution in [-0.4, -0.2) is 96.0 Å². The van der Waals surface area contributed by atoms with Crippen LogP contribution in [-0.2, 0) is 52.3 Å². The molecule has 5 rings (SSSR count). The van der Waals surface area contributed by atoms with Crippen LogP contribution in [0.4, 0.5) is 0 Å². The number of rotatable bonds is 8. The lowest BCUT2D eigenvalue weighted by atomic mass is 9.41. The van der Waals surface area contributed by atoms with Crippen molar-refractivity contribution in [2.45, 2.75) is 123 Å². The molecule has 44 heavy (non-hydrogen) atoms. The van der Waals surface area contributed by atoms with E-state index in [1.807, 2.05) is 0 Å². The van der Waals surface area contributed by atoms with E-state index in [9.17, 15) is 29.4 Å². The summed E-state index contributed by atoms with van der Waals surface area (Å²) >= 11 is 0. The van der Waals surface area contributed by atoms with Crippen LogP contribution in [0.2, 0.25) is 0 Å². The molecule has 0 bridgehead atoms. The van der Waals surface area contributed by atoms with Crippen molar-refractivity contribution in [3.63, 3.8) is 0 Å². The average Bonchev–Trinajstić information content (AvgIpc) is 3.50. The number of aliphatic hydroxyl groups excluding tert-OH is 2. The van der Waals surface area contributed by atoms with Gasteiger partial charge in [0.25, 0.3) is 0 Å². The molecule has 5 fully saturated rings. The first kappa shape index (κ1) is 33.1. The molecule has 248 valence electrons. The molecular formula is C31H46O13. The van der Waals surface area contributed by atoms with Crippen LogP contribution < -0.4 is 0 Å². The maximum Gasteiger partial charge on any atom is 0.312 e. The SMILES string of the molecule is CC(=O)OC[C@@]12[C@@H](OC(C)=O)C[C@@H](C)[C@](C)([C@@H]3C[C@H]4C[C@H](O)O[C@H]4O3)[C@H]1C[C@@H](O)[C@H](OC(=O)C(C)C(C)OC(C)=O)[C@]21CO1. The standard InChI is InChI=1S/C31H46O13/c1-14-8-24(41-19(6)34)30(12-38-17(4)32)22(29(14,7)23-9-20-10-25(36)43-28(20)42-23)11-21(35)26(31(30)13-39-31)44-27(37)15(2)16(3)40-18(5)33/h14-16,20-26,28,35-36H,8-13H2,1-7H3/t14-,15?,16?,20+,21-,22-,23+,24+,25-,26+,28-,29+,30+,31-/m1/s1. The Hall–Kier alpha value is -2.32. The second kappa shape index (κ2) is 11.8. The van der Waals surface area contributed by atoms with Crippen LogP contribution in [0, 0.1) is 34.5 Å². The van der Waals surface area contributed by atoms with Gasteiger partial charge < -0.3 is 43.4 Å². The largest absolute Gasteiger partial charge is 0.465 e. The van der Waals surface area contributed by atoms with Crippen LogP contribution >= 0.6 is 0 Å². The summed E-state index contributed by atoms with van der Waals surface area (Å²) in [6.45, 7) is 11.0. The fourth-order valence-corrected chi connectivity index (χ4v) is 8.72. The molecule has 0 amide bonds. The van der Waals surface area contributed by atoms with E-state index in [1.165, 1.54) is 20.8 Å². The van der Waals surface area contributed by atoms with E-state index in [0.29, 0.717) is 19.3 Å². The van der Waals surface area contributed by atoms with Crippen LogP contribution in [0.5, 0.6) is 0 Å². The molecule has 2 saturated carbocycles. The van der Waals surface area contributed by atoms with Gasteiger partial charge in [-0.15, -0.1) is 0 Å². The Labute approximate surface area is 257 Å². The fraction of sp³-hybridized carbons (Fsp3) is 0.871. The molecule has 2 unspecified atom stereocenters. The number of carbonyl (C=O) groups is 4. The van der Waals surface area contributed by atoms with Gasteiger partial charge in [-0.3, -0.25) is 19.2 Å². The Kier molecular flexibility index (Phi) is 8.86. The maximum atomic E-state index is 13.4. The van der Waals surface area contributed by atoms with Gasteiger partial charge in [0.2, 0.25) is 0 Å². The van der Waals surface area contributed by atoms with Crippen LogP contribution in [0.1, 0.15) is 74.1 Å². The van der Waals surface area contributed by atoms with E-state index >= 15 is 0 Å². The number of fused-ring (bicyclic) bond motifs is 3. The molecule has 5 aliphatic rings. The van der Waals surface area contributed by atoms with Gasteiger partial charge in [-0.05, 0) is 44.9 Å². The van der Waals surface area contributed by atoms with E-state index in [0.717, 1.165) is 0 Å². The van der Waals surface area contributed by atoms with Gasteiger partial charge in [-0.25, -0.2) is 0 Å². The summed E-state index contributed by atoms with van der Waals surface area (Å²) in [7, 11) is 0. The van der Waals surface area contributed by atoms with E-state index < -0.39 is 89.1 Å². The summed E-state index contributed by atoms with van der Waals surface area (Å²) in [6, 6.07) is 0. The summed E-state index contributed by atoms with van der Waals surface area (Å²) in [4.78, 5) is 49.8. The topological polar surface area (TPSA) is 177 Å². The minimum atomic E-state index is -1.35. The van der Waals surface area contributed by atoms with Crippen molar-refractivity contribution in [2.24, 2.45) is 34.5 Å². The number of carbonyl (C=O) groups excluding carboxylic acids is 4. The maximum absolute atomic E-state index is 13.4. The number of esters is 4. The van der Waals surface area contributed by atoms with Crippen molar-refractivity contribution in [3.8, 4) is 0 Å². The molecule has 13 heteroatoms. The Morgan fingerprint density at radius 1 is 0.932 bits per heavy atom. The highest BCUT2D eigenvalue weighted by Gasteiger charge is 2.81. The quantitative estimate of drug-likeness (QED) is 0.226. The lowest BCUT2D eigenvalue weighted by Gasteiger charge is -2.65. The van der Waals surface area contributed by atoms with Gasteiger partial charge in [-0.1, -0.05) is 13.8 Å². The number of epoxide rings is 1. The smallest absolute Gasteiger partial charge is 0.312 e. The third-order valence-corrected chi connectivity index (χ3v) is 11.3. The number of ether oxygens (including phenoxy) is 7. The van der Waals surface area contributed by atoms with E-state index in [2.05, 4.69) is 13.8 Å². The Balaban J connectivity index is 1.56. The van der Waals surface area contributed by atoms with Gasteiger partial charge in [0, 0.05) is 38.5 Å². The summed E-state index contributed by atoms with van der Waals surface area (Å²) < 4.78 is 41.3. The first-order chi connectivity index (χ1) is 20.6. The molecule has 2 N–H and O–H groups in total. The third kappa shape index (κ3) is 5.32. The van der Waals surface area contributed by atoms with Crippen molar-refractivity contribution < 1.29 is 62.5 Å². The molecule has 0 aromatic carbocycles. The molecule has 0 radical (unpaired) electrons. The van der Waals surface area contributed by atoms with Gasteiger partial charge in [0.05, 0.1) is 30.1 Å². The Morgan fingerprint density at radius 3 is 2.18 bits per heavy atom. The van der Waals surface area contributed by atoms with Crippen molar-refractivity contribution >= 4 is 23.9 Å². The first-order valence-corrected chi connectivity index (χ1v) is 15.6. The molecule has 3 saturated heterocycles. The zero-order chi connectivity index (χ0) is 32.4. The number of hydrogen-bond donors (Lipinski definition) is 2. The average molecular weight is 627 g/mol. The molecule has 0 aromatic heterocycles. The molecular weight excluding hydrogens is 580 g/mol. The van der Waals surface area contributed by atoms with Crippen molar-refractivity contribution in [1.29, 1.82) is 0 Å². The zero-order valence-corrected chi connectivity index (χ0v) is 26.5. The van der Waals surface area contributed by atoms with E-state index in [4.69, 9.17) is 33.2 Å². The van der Waals surface area contributed by atoms with Crippen molar-refractivity contribution in [2.75, 3.05) is 13.2 Å². The highest BCUT2D eigenvalue weighted by atomic mass is 16.7. The number of hydrogen-bond acceptors (Lipinski definition) is 13. The van der Waals surface area contributed by atoms with E-state index in [1.54, 1.807) is 13.8 Å². The summed E-state index contributed by atoms with van der Waals surface area (Å²) in [6.07, 6.45) is -4.25.